The molecule has 2 heteroatoms. The average molecular weight is 798 g/mol. The van der Waals surface area contributed by atoms with Gasteiger partial charge in [0.15, 0.2) is 0 Å². The van der Waals surface area contributed by atoms with E-state index in [-0.39, 0.29) is 5.41 Å². The first-order chi connectivity index (χ1) is 30.7. The third-order valence-corrected chi connectivity index (χ3v) is 14.0. The monoisotopic (exact) mass is 797 g/mol. The minimum absolute atomic E-state index is 0.127. The Morgan fingerprint density at radius 2 is 1.08 bits per heavy atom. The number of anilines is 3. The molecule has 1 fully saturated rings. The van der Waals surface area contributed by atoms with Gasteiger partial charge < -0.3 is 9.32 Å². The Labute approximate surface area is 364 Å². The second kappa shape index (κ2) is 15.1. The molecular weight excluding hydrogens is 751 g/mol. The van der Waals surface area contributed by atoms with E-state index in [1.807, 2.05) is 6.07 Å². The molecule has 0 radical (unpaired) electrons. The number of furan rings is 1. The highest BCUT2D eigenvalue weighted by atomic mass is 16.3. The summed E-state index contributed by atoms with van der Waals surface area (Å²) in [6.45, 7) is 0. The normalized spacial score (nSPS) is 15.3. The first-order valence-electron chi connectivity index (χ1n) is 22.4. The number of para-hydroxylation sites is 2. The summed E-state index contributed by atoms with van der Waals surface area (Å²) in [5, 5.41) is 2.30. The summed E-state index contributed by atoms with van der Waals surface area (Å²) in [6.07, 6.45) is 13.5. The van der Waals surface area contributed by atoms with Crippen molar-refractivity contribution in [3.63, 3.8) is 0 Å². The van der Waals surface area contributed by atoms with Crippen LogP contribution in [0.2, 0.25) is 0 Å². The number of hydrogen-bond donors (Lipinski definition) is 0. The molecule has 1 aromatic heterocycles. The lowest BCUT2D eigenvalue weighted by Gasteiger charge is -2.38. The van der Waals surface area contributed by atoms with Gasteiger partial charge in [-0.1, -0.05) is 183 Å². The molecule has 0 amide bonds. The highest BCUT2D eigenvalue weighted by Gasteiger charge is 2.46. The van der Waals surface area contributed by atoms with Crippen molar-refractivity contribution in [2.75, 3.05) is 4.90 Å². The number of benzene rings is 8. The second-order valence-electron chi connectivity index (χ2n) is 17.3. The van der Waals surface area contributed by atoms with Crippen LogP contribution >= 0.6 is 0 Å². The predicted octanol–water partition coefficient (Wildman–Crippen LogP) is 17.0. The van der Waals surface area contributed by atoms with Gasteiger partial charge in [0.05, 0.1) is 11.4 Å². The smallest absolute Gasteiger partial charge is 0.136 e. The van der Waals surface area contributed by atoms with Gasteiger partial charge in [-0.3, -0.25) is 0 Å². The Kier molecular flexibility index (Phi) is 8.92. The third kappa shape index (κ3) is 5.92. The van der Waals surface area contributed by atoms with E-state index in [9.17, 15) is 0 Å². The van der Waals surface area contributed by atoms with E-state index < -0.39 is 0 Å². The van der Waals surface area contributed by atoms with Gasteiger partial charge in [0.1, 0.15) is 11.2 Å². The van der Waals surface area contributed by atoms with Crippen molar-refractivity contribution >= 4 is 44.6 Å². The Balaban J connectivity index is 1.05. The van der Waals surface area contributed by atoms with E-state index in [1.54, 1.807) is 5.57 Å². The topological polar surface area (TPSA) is 16.4 Å². The molecule has 0 unspecified atom stereocenters. The van der Waals surface area contributed by atoms with Crippen molar-refractivity contribution in [3.8, 4) is 44.5 Å². The van der Waals surface area contributed by atoms with E-state index in [4.69, 9.17) is 4.42 Å². The molecule has 0 N–H and O–H groups in total. The van der Waals surface area contributed by atoms with Crippen molar-refractivity contribution in [2.45, 2.75) is 50.4 Å². The fourth-order valence-electron chi connectivity index (χ4n) is 11.2. The molecule has 62 heavy (non-hydrogen) atoms. The zero-order valence-corrected chi connectivity index (χ0v) is 34.9. The lowest BCUT2D eigenvalue weighted by Crippen LogP contribution is -2.29. The summed E-state index contributed by atoms with van der Waals surface area (Å²) in [6, 6.07) is 69.0. The van der Waals surface area contributed by atoms with Crippen LogP contribution in [0.5, 0.6) is 0 Å². The Hall–Kier alpha value is -7.16. The number of allylic oxidation sites excluding steroid dienone is 4. The summed E-state index contributed by atoms with van der Waals surface area (Å²) in [7, 11) is 0. The fourth-order valence-corrected chi connectivity index (χ4v) is 11.2. The van der Waals surface area contributed by atoms with Crippen LogP contribution in [-0.4, -0.2) is 0 Å². The zero-order valence-electron chi connectivity index (χ0n) is 34.9. The molecule has 0 atom stereocenters. The first kappa shape index (κ1) is 36.7. The fraction of sp³-hybridized carbons (Fsp3) is 0.133. The second-order valence-corrected chi connectivity index (χ2v) is 17.3. The van der Waals surface area contributed by atoms with Crippen molar-refractivity contribution in [2.24, 2.45) is 0 Å². The van der Waals surface area contributed by atoms with Crippen LogP contribution in [0.3, 0.4) is 0 Å². The molecule has 0 bridgehead atoms. The van der Waals surface area contributed by atoms with Crippen LogP contribution in [0.4, 0.5) is 17.1 Å². The van der Waals surface area contributed by atoms with Crippen LogP contribution in [-0.2, 0) is 5.41 Å². The van der Waals surface area contributed by atoms with Crippen LogP contribution in [0.25, 0.3) is 72.0 Å². The number of nitrogens with zero attached hydrogens (tertiary/aromatic N) is 1. The van der Waals surface area contributed by atoms with Gasteiger partial charge in [-0.2, -0.15) is 0 Å². The molecule has 1 saturated carbocycles. The lowest BCUT2D eigenvalue weighted by atomic mass is 9.66. The molecule has 0 saturated heterocycles. The van der Waals surface area contributed by atoms with Crippen molar-refractivity contribution in [1.82, 2.24) is 0 Å². The van der Waals surface area contributed by atoms with Gasteiger partial charge in [0.2, 0.25) is 0 Å². The molecule has 9 aromatic rings. The van der Waals surface area contributed by atoms with Gasteiger partial charge in [-0.05, 0) is 118 Å². The van der Waals surface area contributed by atoms with Gasteiger partial charge in [0, 0.05) is 33.0 Å². The van der Waals surface area contributed by atoms with Gasteiger partial charge in [-0.25, -0.2) is 0 Å². The van der Waals surface area contributed by atoms with Crippen LogP contribution in [0.15, 0.2) is 210 Å². The molecule has 8 aromatic carbocycles. The SMILES string of the molecule is C1=CC2=C(CC1)C1(CCCCC1)c1cccc(N(c3ccc(-c4ccc5c(c4)oc4ccccc45)cc3)c3ccccc3-c3ccccc3-c3ccccc3-c3ccccc3)c12. The summed E-state index contributed by atoms with van der Waals surface area (Å²) in [5.74, 6) is 0. The summed E-state index contributed by atoms with van der Waals surface area (Å²) < 4.78 is 6.34. The summed E-state index contributed by atoms with van der Waals surface area (Å²) in [5.41, 5.74) is 21.2. The maximum atomic E-state index is 6.34. The van der Waals surface area contributed by atoms with Crippen molar-refractivity contribution in [1.29, 1.82) is 0 Å². The highest BCUT2D eigenvalue weighted by molar-refractivity contribution is 6.06. The molecule has 12 rings (SSSR count). The number of rotatable bonds is 7. The molecule has 3 aliphatic carbocycles. The maximum Gasteiger partial charge on any atom is 0.136 e. The van der Waals surface area contributed by atoms with E-state index in [2.05, 4.69) is 199 Å². The predicted molar refractivity (Wildman–Crippen MR) is 260 cm³/mol. The number of fused-ring (bicyclic) bond motifs is 7. The van der Waals surface area contributed by atoms with Crippen molar-refractivity contribution < 1.29 is 4.42 Å². The quantitative estimate of drug-likeness (QED) is 0.160. The van der Waals surface area contributed by atoms with Crippen LogP contribution in [0, 0.1) is 0 Å². The Morgan fingerprint density at radius 1 is 0.452 bits per heavy atom. The summed E-state index contributed by atoms with van der Waals surface area (Å²) in [4.78, 5) is 2.56. The maximum absolute atomic E-state index is 6.34. The average Bonchev–Trinajstić information content (AvgIpc) is 3.85. The largest absolute Gasteiger partial charge is 0.456 e. The Bertz CT molecular complexity index is 3210. The van der Waals surface area contributed by atoms with E-state index in [1.165, 1.54) is 87.9 Å². The zero-order chi connectivity index (χ0) is 41.0. The van der Waals surface area contributed by atoms with E-state index in [0.29, 0.717) is 0 Å². The molecular formula is C60H47NO. The first-order valence-corrected chi connectivity index (χ1v) is 22.4. The molecule has 3 aliphatic rings. The van der Waals surface area contributed by atoms with Crippen molar-refractivity contribution in [3.05, 3.63) is 217 Å². The molecule has 0 aliphatic heterocycles. The van der Waals surface area contributed by atoms with E-state index in [0.717, 1.165) is 57.3 Å². The van der Waals surface area contributed by atoms with E-state index >= 15 is 0 Å². The minimum atomic E-state index is 0.127. The molecule has 1 spiro atoms. The van der Waals surface area contributed by atoms with Crippen LogP contribution < -0.4 is 4.90 Å². The van der Waals surface area contributed by atoms with Gasteiger partial charge in [0.25, 0.3) is 0 Å². The minimum Gasteiger partial charge on any atom is -0.456 e. The van der Waals surface area contributed by atoms with Gasteiger partial charge >= 0.3 is 0 Å². The molecule has 298 valence electrons. The highest BCUT2D eigenvalue weighted by Crippen LogP contribution is 2.60. The number of hydrogen-bond acceptors (Lipinski definition) is 2. The van der Waals surface area contributed by atoms with Gasteiger partial charge in [-0.15, -0.1) is 0 Å². The standard InChI is InChI=1S/C60H47NO/c1-3-18-42(19-4-1)45-20-5-6-21-46(45)47-22-7-8-23-48(47)49-24-10-13-29-55(49)61(56-30-17-28-54-59(56)52-26-9-12-27-53(52)60(54)38-15-2-16-39-60)44-35-32-41(33-36-44)43-34-37-51-50-25-11-14-31-57(50)62-58(51)40-43/h1,3-11,13-14,17-26,28-37,40H,2,12,15-16,27,38-39H2. The Morgan fingerprint density at radius 3 is 1.89 bits per heavy atom. The van der Waals surface area contributed by atoms with Crippen LogP contribution in [0.1, 0.15) is 56.1 Å². The molecule has 1 heterocycles. The third-order valence-electron chi connectivity index (χ3n) is 14.0. The summed E-state index contributed by atoms with van der Waals surface area (Å²) >= 11 is 0. The molecule has 2 nitrogen and oxygen atoms in total. The lowest BCUT2D eigenvalue weighted by molar-refractivity contribution is 0.338.